The smallest absolute Gasteiger partial charge is 0.128 e. The minimum atomic E-state index is -0.365. The van der Waals surface area contributed by atoms with Crippen LogP contribution in [-0.2, 0) is 5.41 Å². The lowest BCUT2D eigenvalue weighted by molar-refractivity contribution is 0.416. The van der Waals surface area contributed by atoms with Gasteiger partial charge in [0.05, 0.1) is 12.8 Å². The highest BCUT2D eigenvalue weighted by molar-refractivity contribution is 6.06. The van der Waals surface area contributed by atoms with Gasteiger partial charge >= 0.3 is 0 Å². The molecular weight excluding hydrogens is 454 g/mol. The molecule has 0 bridgehead atoms. The molecule has 37 heavy (non-hydrogen) atoms. The molecule has 0 amide bonds. The van der Waals surface area contributed by atoms with Crippen molar-refractivity contribution in [3.8, 4) is 22.6 Å². The van der Waals surface area contributed by atoms with E-state index in [1.54, 1.807) is 13.3 Å². The molecule has 0 fully saturated rings. The Morgan fingerprint density at radius 3 is 2.22 bits per heavy atom. The number of rotatable bonds is 6. The number of ether oxygens (including phenoxy) is 1. The molecule has 3 nitrogen and oxygen atoms in total. The van der Waals surface area contributed by atoms with Crippen LogP contribution in [0.4, 0.5) is 5.69 Å². The number of phenols is 1. The Kier molecular flexibility index (Phi) is 6.54. The quantitative estimate of drug-likeness (QED) is 0.245. The van der Waals surface area contributed by atoms with Gasteiger partial charge in [0.1, 0.15) is 11.5 Å². The highest BCUT2D eigenvalue weighted by atomic mass is 16.5. The summed E-state index contributed by atoms with van der Waals surface area (Å²) < 4.78 is 5.66. The van der Waals surface area contributed by atoms with Gasteiger partial charge in [0.25, 0.3) is 0 Å². The molecule has 0 aliphatic rings. The lowest BCUT2D eigenvalue weighted by atomic mass is 9.76. The van der Waals surface area contributed by atoms with E-state index in [9.17, 15) is 5.11 Å². The van der Waals surface area contributed by atoms with E-state index in [0.29, 0.717) is 5.56 Å². The second-order valence-corrected chi connectivity index (χ2v) is 9.88. The number of benzene rings is 5. The average molecular weight is 486 g/mol. The Bertz CT molecular complexity index is 1590. The molecule has 0 saturated carbocycles. The Hall–Kier alpha value is -4.37. The first kappa shape index (κ1) is 24.3. The fraction of sp³-hybridized carbons (Fsp3) is 0.147. The summed E-state index contributed by atoms with van der Waals surface area (Å²) in [5, 5.41) is 13.5. The number of phenolic OH excluding ortho intramolecular Hbond substituents is 1. The van der Waals surface area contributed by atoms with Crippen LogP contribution < -0.4 is 4.74 Å². The monoisotopic (exact) mass is 485 g/mol. The molecule has 184 valence electrons. The molecule has 0 aromatic heterocycles. The molecule has 0 unspecified atom stereocenters. The van der Waals surface area contributed by atoms with Crippen LogP contribution in [0, 0.1) is 6.92 Å². The van der Waals surface area contributed by atoms with Crippen LogP contribution in [0.1, 0.15) is 36.1 Å². The van der Waals surface area contributed by atoms with Crippen LogP contribution >= 0.6 is 0 Å². The zero-order valence-corrected chi connectivity index (χ0v) is 21.7. The number of aryl methyl sites for hydroxylation is 1. The zero-order valence-electron chi connectivity index (χ0n) is 21.7. The van der Waals surface area contributed by atoms with Crippen molar-refractivity contribution >= 4 is 22.7 Å². The minimum Gasteiger partial charge on any atom is -0.507 e. The van der Waals surface area contributed by atoms with Crippen LogP contribution in [-0.4, -0.2) is 18.4 Å². The summed E-state index contributed by atoms with van der Waals surface area (Å²) in [6.07, 6.45) is 1.78. The molecule has 5 aromatic rings. The fourth-order valence-electron chi connectivity index (χ4n) is 5.05. The minimum absolute atomic E-state index is 0.258. The van der Waals surface area contributed by atoms with Gasteiger partial charge in [-0.25, -0.2) is 0 Å². The van der Waals surface area contributed by atoms with Crippen molar-refractivity contribution in [2.45, 2.75) is 26.2 Å². The first-order valence-electron chi connectivity index (χ1n) is 12.5. The summed E-state index contributed by atoms with van der Waals surface area (Å²) in [5.41, 5.74) is 6.35. The molecule has 0 heterocycles. The van der Waals surface area contributed by atoms with Crippen LogP contribution in [0.25, 0.3) is 21.9 Å². The maximum atomic E-state index is 11.4. The van der Waals surface area contributed by atoms with E-state index in [4.69, 9.17) is 9.73 Å². The number of aliphatic imine (C=N–C) groups is 1. The fourth-order valence-corrected chi connectivity index (χ4v) is 5.05. The van der Waals surface area contributed by atoms with Crippen LogP contribution in [0.5, 0.6) is 11.5 Å². The normalized spacial score (nSPS) is 11.8. The van der Waals surface area contributed by atoms with Crippen LogP contribution in [0.15, 0.2) is 108 Å². The number of fused-ring (bicyclic) bond motifs is 1. The summed E-state index contributed by atoms with van der Waals surface area (Å²) in [6, 6.07) is 34.7. The van der Waals surface area contributed by atoms with E-state index < -0.39 is 0 Å². The van der Waals surface area contributed by atoms with Gasteiger partial charge < -0.3 is 9.84 Å². The van der Waals surface area contributed by atoms with E-state index in [2.05, 4.69) is 69.3 Å². The summed E-state index contributed by atoms with van der Waals surface area (Å²) in [4.78, 5) is 4.92. The van der Waals surface area contributed by atoms with E-state index in [-0.39, 0.29) is 11.2 Å². The van der Waals surface area contributed by atoms with Crippen molar-refractivity contribution in [3.63, 3.8) is 0 Å². The first-order valence-corrected chi connectivity index (χ1v) is 12.5. The molecule has 0 saturated heterocycles. The summed E-state index contributed by atoms with van der Waals surface area (Å²) in [6.45, 7) is 6.34. The van der Waals surface area contributed by atoms with Crippen molar-refractivity contribution in [3.05, 3.63) is 125 Å². The molecule has 1 N–H and O–H groups in total. The van der Waals surface area contributed by atoms with E-state index >= 15 is 0 Å². The van der Waals surface area contributed by atoms with Gasteiger partial charge in [0.15, 0.2) is 0 Å². The molecule has 0 radical (unpaired) electrons. The molecule has 0 aliphatic carbocycles. The lowest BCUT2D eigenvalue weighted by Gasteiger charge is -2.28. The first-order chi connectivity index (χ1) is 17.9. The maximum Gasteiger partial charge on any atom is 0.128 e. The Labute approximate surface area is 218 Å². The van der Waals surface area contributed by atoms with E-state index in [1.165, 1.54) is 0 Å². The largest absolute Gasteiger partial charge is 0.507 e. The second kappa shape index (κ2) is 9.94. The SMILES string of the molecule is COc1ccccc1-c1cccc2cccc(/N=C/c3cc(C)cc(C(C)(C)c4ccccc4)c3O)c12. The molecule has 5 rings (SSSR count). The number of nitrogens with zero attached hydrogens (tertiary/aromatic N) is 1. The molecule has 5 aromatic carbocycles. The third-order valence-corrected chi connectivity index (χ3v) is 7.08. The molecule has 0 atom stereocenters. The third kappa shape index (κ3) is 4.61. The lowest BCUT2D eigenvalue weighted by Crippen LogP contribution is -2.19. The predicted octanol–water partition coefficient (Wildman–Crippen LogP) is 8.61. The van der Waals surface area contributed by atoms with Crippen molar-refractivity contribution in [1.29, 1.82) is 0 Å². The Morgan fingerprint density at radius 2 is 1.46 bits per heavy atom. The molecular formula is C34H31NO2. The van der Waals surface area contributed by atoms with Gasteiger partial charge in [-0.2, -0.15) is 0 Å². The average Bonchev–Trinajstić information content (AvgIpc) is 2.93. The molecule has 0 spiro atoms. The Balaban J connectivity index is 1.63. The number of hydrogen-bond donors (Lipinski definition) is 1. The number of para-hydroxylation sites is 1. The van der Waals surface area contributed by atoms with Crippen molar-refractivity contribution < 1.29 is 9.84 Å². The van der Waals surface area contributed by atoms with Gasteiger partial charge in [0, 0.05) is 33.7 Å². The van der Waals surface area contributed by atoms with Crippen molar-refractivity contribution in [1.82, 2.24) is 0 Å². The number of methoxy groups -OCH3 is 1. The summed E-state index contributed by atoms with van der Waals surface area (Å²) in [7, 11) is 1.69. The van der Waals surface area contributed by atoms with E-state index in [1.807, 2.05) is 54.6 Å². The van der Waals surface area contributed by atoms with E-state index in [0.717, 1.165) is 50.0 Å². The van der Waals surface area contributed by atoms with Gasteiger partial charge in [-0.3, -0.25) is 4.99 Å². The predicted molar refractivity (Wildman–Crippen MR) is 155 cm³/mol. The van der Waals surface area contributed by atoms with Gasteiger partial charge in [-0.15, -0.1) is 0 Å². The van der Waals surface area contributed by atoms with Crippen LogP contribution in [0.3, 0.4) is 0 Å². The standard InChI is InChI=1S/C34H31NO2/c1-23-20-25(33(36)29(21-23)34(2,3)26-14-6-5-7-15-26)22-35-30-18-11-13-24-12-10-17-28(32(24)30)27-16-8-9-19-31(27)37-4/h5-22,36H,1-4H3/b35-22+. The second-order valence-electron chi connectivity index (χ2n) is 9.88. The topological polar surface area (TPSA) is 41.8 Å². The molecule has 0 aliphatic heterocycles. The third-order valence-electron chi connectivity index (χ3n) is 7.08. The van der Waals surface area contributed by atoms with Crippen LogP contribution in [0.2, 0.25) is 0 Å². The van der Waals surface area contributed by atoms with Crippen molar-refractivity contribution in [2.75, 3.05) is 7.11 Å². The highest BCUT2D eigenvalue weighted by Gasteiger charge is 2.27. The zero-order chi connectivity index (χ0) is 26.0. The number of hydrogen-bond acceptors (Lipinski definition) is 3. The highest BCUT2D eigenvalue weighted by Crippen LogP contribution is 2.41. The summed E-state index contributed by atoms with van der Waals surface area (Å²) >= 11 is 0. The Morgan fingerprint density at radius 1 is 0.784 bits per heavy atom. The maximum absolute atomic E-state index is 11.4. The number of aromatic hydroxyl groups is 1. The van der Waals surface area contributed by atoms with Crippen molar-refractivity contribution in [2.24, 2.45) is 4.99 Å². The van der Waals surface area contributed by atoms with Gasteiger partial charge in [-0.1, -0.05) is 98.8 Å². The van der Waals surface area contributed by atoms with Gasteiger partial charge in [-0.05, 0) is 47.2 Å². The molecule has 3 heteroatoms. The summed E-state index contributed by atoms with van der Waals surface area (Å²) in [5.74, 6) is 1.08. The van der Waals surface area contributed by atoms with Gasteiger partial charge in [0.2, 0.25) is 0 Å².